The molecule has 0 aromatic heterocycles. The summed E-state index contributed by atoms with van der Waals surface area (Å²) in [4.78, 5) is 16.0. The Morgan fingerprint density at radius 1 is 1.20 bits per heavy atom. The highest BCUT2D eigenvalue weighted by molar-refractivity contribution is 7.98. The summed E-state index contributed by atoms with van der Waals surface area (Å²) in [6, 6.07) is 7.98. The van der Waals surface area contributed by atoms with E-state index >= 15 is 0 Å². The van der Waals surface area contributed by atoms with Crippen LogP contribution in [0.4, 0.5) is 0 Å². The predicted molar refractivity (Wildman–Crippen MR) is 89.3 cm³/mol. The molecule has 1 atom stereocenters. The standard InChI is InChI=1S/C16H23NOS.ClH/c1-13(12-17-10-4-3-5-11-17)16(18)14-6-8-15(19-2)9-7-14;/h6-9,13H,3-5,10-12H2,1-2H3;1H. The number of hydrogen-bond donors (Lipinski definition) is 0. The molecule has 1 saturated heterocycles. The molecule has 2 nitrogen and oxygen atoms in total. The molecule has 0 bridgehead atoms. The number of halogens is 1. The Bertz CT molecular complexity index is 415. The van der Waals surface area contributed by atoms with Gasteiger partial charge in [0.05, 0.1) is 0 Å². The Kier molecular flexibility index (Phi) is 7.63. The van der Waals surface area contributed by atoms with Gasteiger partial charge in [-0.1, -0.05) is 25.5 Å². The lowest BCUT2D eigenvalue weighted by molar-refractivity contribution is 0.0883. The van der Waals surface area contributed by atoms with Crippen LogP contribution >= 0.6 is 24.2 Å². The number of carbonyl (C=O) groups excluding carboxylic acids is 1. The Balaban J connectivity index is 0.00000200. The van der Waals surface area contributed by atoms with E-state index in [0.29, 0.717) is 0 Å². The molecule has 1 heterocycles. The van der Waals surface area contributed by atoms with E-state index in [1.807, 2.05) is 24.3 Å². The molecule has 20 heavy (non-hydrogen) atoms. The van der Waals surface area contributed by atoms with Gasteiger partial charge in [-0.25, -0.2) is 0 Å². The minimum absolute atomic E-state index is 0. The van der Waals surface area contributed by atoms with Crippen molar-refractivity contribution in [3.8, 4) is 0 Å². The molecule has 0 aliphatic carbocycles. The molecule has 1 aromatic carbocycles. The van der Waals surface area contributed by atoms with Gasteiger partial charge in [-0.3, -0.25) is 4.79 Å². The van der Waals surface area contributed by atoms with Gasteiger partial charge in [0.25, 0.3) is 0 Å². The first-order valence-electron chi connectivity index (χ1n) is 7.11. The summed E-state index contributed by atoms with van der Waals surface area (Å²) in [7, 11) is 0. The average molecular weight is 314 g/mol. The fourth-order valence-corrected chi connectivity index (χ4v) is 3.06. The number of carbonyl (C=O) groups is 1. The topological polar surface area (TPSA) is 20.3 Å². The summed E-state index contributed by atoms with van der Waals surface area (Å²) in [5.74, 6) is 0.372. The van der Waals surface area contributed by atoms with Crippen LogP contribution in [0.5, 0.6) is 0 Å². The van der Waals surface area contributed by atoms with Crippen LogP contribution in [-0.2, 0) is 0 Å². The number of rotatable bonds is 5. The maximum atomic E-state index is 12.4. The first-order chi connectivity index (χ1) is 9.20. The molecule has 0 saturated carbocycles. The molecule has 4 heteroatoms. The lowest BCUT2D eigenvalue weighted by atomic mass is 9.98. The molecular formula is C16H24ClNOS. The van der Waals surface area contributed by atoms with Gasteiger partial charge in [0.15, 0.2) is 5.78 Å². The van der Waals surface area contributed by atoms with Crippen LogP contribution in [0, 0.1) is 5.92 Å². The molecule has 0 amide bonds. The zero-order chi connectivity index (χ0) is 13.7. The largest absolute Gasteiger partial charge is 0.303 e. The van der Waals surface area contributed by atoms with Crippen LogP contribution < -0.4 is 0 Å². The fourth-order valence-electron chi connectivity index (χ4n) is 2.65. The van der Waals surface area contributed by atoms with Gasteiger partial charge in [-0.2, -0.15) is 0 Å². The zero-order valence-electron chi connectivity index (χ0n) is 12.3. The molecule has 0 radical (unpaired) electrons. The van der Waals surface area contributed by atoms with Crippen molar-refractivity contribution in [1.82, 2.24) is 4.90 Å². The third-order valence-corrected chi connectivity index (χ3v) is 4.55. The first kappa shape index (κ1) is 17.5. The molecular weight excluding hydrogens is 290 g/mol. The number of likely N-dealkylation sites (tertiary alicyclic amines) is 1. The molecule has 1 unspecified atom stereocenters. The Morgan fingerprint density at radius 2 is 1.80 bits per heavy atom. The van der Waals surface area contributed by atoms with Crippen molar-refractivity contribution < 1.29 is 4.79 Å². The second-order valence-corrected chi connectivity index (χ2v) is 6.23. The summed E-state index contributed by atoms with van der Waals surface area (Å²) in [6.45, 7) is 5.27. The van der Waals surface area contributed by atoms with Crippen molar-refractivity contribution in [2.75, 3.05) is 25.9 Å². The van der Waals surface area contributed by atoms with Crippen molar-refractivity contribution in [3.63, 3.8) is 0 Å². The van der Waals surface area contributed by atoms with Crippen LogP contribution in [-0.4, -0.2) is 36.6 Å². The van der Waals surface area contributed by atoms with Crippen molar-refractivity contribution in [3.05, 3.63) is 29.8 Å². The lowest BCUT2D eigenvalue weighted by Gasteiger charge is -2.28. The van der Waals surface area contributed by atoms with Gasteiger partial charge in [-0.05, 0) is 44.3 Å². The molecule has 0 spiro atoms. The molecule has 1 aliphatic heterocycles. The third kappa shape index (κ3) is 4.80. The Morgan fingerprint density at radius 3 is 2.35 bits per heavy atom. The van der Waals surface area contributed by atoms with E-state index in [-0.39, 0.29) is 24.1 Å². The lowest BCUT2D eigenvalue weighted by Crippen LogP contribution is -2.35. The molecule has 0 N–H and O–H groups in total. The highest BCUT2D eigenvalue weighted by Gasteiger charge is 2.19. The number of piperidine rings is 1. The quantitative estimate of drug-likeness (QED) is 0.602. The van der Waals surface area contributed by atoms with E-state index in [2.05, 4.69) is 18.1 Å². The number of thioether (sulfide) groups is 1. The van der Waals surface area contributed by atoms with Crippen LogP contribution in [0.2, 0.25) is 0 Å². The van der Waals surface area contributed by atoms with Gasteiger partial charge in [0, 0.05) is 22.9 Å². The number of Topliss-reactive ketones (excluding diaryl/α,β-unsaturated/α-hetero) is 1. The SMILES string of the molecule is CSc1ccc(C(=O)C(C)CN2CCCCC2)cc1.Cl. The zero-order valence-corrected chi connectivity index (χ0v) is 13.9. The predicted octanol–water partition coefficient (Wildman–Crippen LogP) is 4.14. The first-order valence-corrected chi connectivity index (χ1v) is 8.34. The number of hydrogen-bond acceptors (Lipinski definition) is 3. The highest BCUT2D eigenvalue weighted by atomic mass is 35.5. The second-order valence-electron chi connectivity index (χ2n) is 5.36. The van der Waals surface area contributed by atoms with E-state index in [4.69, 9.17) is 0 Å². The monoisotopic (exact) mass is 313 g/mol. The van der Waals surface area contributed by atoms with Gasteiger partial charge < -0.3 is 4.90 Å². The minimum Gasteiger partial charge on any atom is -0.303 e. The maximum Gasteiger partial charge on any atom is 0.166 e. The van der Waals surface area contributed by atoms with Gasteiger partial charge in [0.2, 0.25) is 0 Å². The smallest absolute Gasteiger partial charge is 0.166 e. The average Bonchev–Trinajstić information content (AvgIpc) is 2.47. The van der Waals surface area contributed by atoms with Gasteiger partial charge in [-0.15, -0.1) is 24.2 Å². The third-order valence-electron chi connectivity index (χ3n) is 3.80. The molecule has 2 rings (SSSR count). The summed E-state index contributed by atoms with van der Waals surface area (Å²) >= 11 is 1.71. The van der Waals surface area contributed by atoms with Crippen LogP contribution in [0.3, 0.4) is 0 Å². The van der Waals surface area contributed by atoms with Crippen LogP contribution in [0.25, 0.3) is 0 Å². The van der Waals surface area contributed by atoms with Crippen molar-refractivity contribution in [1.29, 1.82) is 0 Å². The molecule has 1 fully saturated rings. The second kappa shape index (κ2) is 8.71. The van der Waals surface area contributed by atoms with Crippen LogP contribution in [0.15, 0.2) is 29.2 Å². The fraction of sp³-hybridized carbons (Fsp3) is 0.562. The van der Waals surface area contributed by atoms with Gasteiger partial charge in [0.1, 0.15) is 0 Å². The van der Waals surface area contributed by atoms with Crippen molar-refractivity contribution in [2.45, 2.75) is 31.1 Å². The Labute approximate surface area is 132 Å². The summed E-state index contributed by atoms with van der Waals surface area (Å²) in [5.41, 5.74) is 0.849. The van der Waals surface area contributed by atoms with Crippen molar-refractivity contribution in [2.24, 2.45) is 5.92 Å². The number of benzene rings is 1. The Hall–Kier alpha value is -0.510. The summed E-state index contributed by atoms with van der Waals surface area (Å²) < 4.78 is 0. The normalized spacial score (nSPS) is 17.3. The molecule has 112 valence electrons. The van der Waals surface area contributed by atoms with Crippen LogP contribution in [0.1, 0.15) is 36.5 Å². The van der Waals surface area contributed by atoms with Crippen molar-refractivity contribution >= 4 is 30.0 Å². The molecule has 1 aromatic rings. The summed E-state index contributed by atoms with van der Waals surface area (Å²) in [5, 5.41) is 0. The van der Waals surface area contributed by atoms with Gasteiger partial charge >= 0.3 is 0 Å². The highest BCUT2D eigenvalue weighted by Crippen LogP contribution is 2.18. The maximum absolute atomic E-state index is 12.4. The van der Waals surface area contributed by atoms with E-state index < -0.39 is 0 Å². The van der Waals surface area contributed by atoms with E-state index in [1.165, 1.54) is 24.2 Å². The van der Waals surface area contributed by atoms with E-state index in [9.17, 15) is 4.79 Å². The summed E-state index contributed by atoms with van der Waals surface area (Å²) in [6.07, 6.45) is 5.96. The van der Waals surface area contributed by atoms with E-state index in [1.54, 1.807) is 11.8 Å². The van der Waals surface area contributed by atoms with E-state index in [0.717, 1.165) is 25.2 Å². The minimum atomic E-state index is 0. The number of nitrogens with zero attached hydrogens (tertiary/aromatic N) is 1. The molecule has 1 aliphatic rings. The number of ketones is 1.